The van der Waals surface area contributed by atoms with Crippen molar-refractivity contribution in [2.75, 3.05) is 19.7 Å². The molecule has 1 rings (SSSR count). The Morgan fingerprint density at radius 2 is 2.00 bits per heavy atom. The van der Waals surface area contributed by atoms with Gasteiger partial charge in [-0.3, -0.25) is 9.69 Å². The summed E-state index contributed by atoms with van der Waals surface area (Å²) in [6.45, 7) is 2.84. The van der Waals surface area contributed by atoms with Gasteiger partial charge in [0, 0.05) is 19.6 Å². The summed E-state index contributed by atoms with van der Waals surface area (Å²) in [7, 11) is 0. The van der Waals surface area contributed by atoms with Crippen LogP contribution >= 0.6 is 0 Å². The highest BCUT2D eigenvalue weighted by Crippen LogP contribution is 2.09. The summed E-state index contributed by atoms with van der Waals surface area (Å²) in [4.78, 5) is 12.6. The highest BCUT2D eigenvalue weighted by molar-refractivity contribution is 5.69. The molecule has 4 nitrogen and oxygen atoms in total. The molecule has 0 aliphatic heterocycles. The quantitative estimate of drug-likeness (QED) is 0.772. The maximum absolute atomic E-state index is 12.8. The minimum atomic E-state index is -0.864. The van der Waals surface area contributed by atoms with Crippen molar-refractivity contribution in [3.63, 3.8) is 0 Å². The molecule has 0 aromatic heterocycles. The number of hydrogen-bond donors (Lipinski definition) is 2. The monoisotopic (exact) mass is 255 g/mol. The number of carboxylic acid groups (broad SMARTS) is 1. The van der Waals surface area contributed by atoms with Crippen LogP contribution in [0.25, 0.3) is 0 Å². The van der Waals surface area contributed by atoms with Gasteiger partial charge < -0.3 is 10.2 Å². The molecule has 1 aromatic rings. The lowest BCUT2D eigenvalue weighted by molar-refractivity contribution is -0.141. The molecule has 0 saturated carbocycles. The fourth-order valence-electron chi connectivity index (χ4n) is 1.69. The second kappa shape index (κ2) is 7.08. The van der Waals surface area contributed by atoms with Crippen LogP contribution in [0.15, 0.2) is 24.3 Å². The lowest BCUT2D eigenvalue weighted by atomic mass is 10.1. The maximum Gasteiger partial charge on any atom is 0.307 e. The van der Waals surface area contributed by atoms with Gasteiger partial charge in [0.25, 0.3) is 0 Å². The standard InChI is InChI=1S/C13H18FNO3/c1-10(13(17)18)8-15(6-7-16)9-11-2-4-12(14)5-3-11/h2-5,10,16H,6-9H2,1H3,(H,17,18). The Labute approximate surface area is 106 Å². The zero-order chi connectivity index (χ0) is 13.5. The average Bonchev–Trinajstić information content (AvgIpc) is 2.32. The molecule has 0 amide bonds. The Bertz CT molecular complexity index is 380. The van der Waals surface area contributed by atoms with Crippen LogP contribution in [0.3, 0.4) is 0 Å². The molecule has 0 fully saturated rings. The van der Waals surface area contributed by atoms with Crippen LogP contribution in [-0.4, -0.2) is 40.8 Å². The van der Waals surface area contributed by atoms with Crippen molar-refractivity contribution in [3.05, 3.63) is 35.6 Å². The van der Waals surface area contributed by atoms with E-state index >= 15 is 0 Å². The van der Waals surface area contributed by atoms with Crippen molar-refractivity contribution in [2.45, 2.75) is 13.5 Å². The van der Waals surface area contributed by atoms with E-state index in [-0.39, 0.29) is 12.4 Å². The molecular weight excluding hydrogens is 237 g/mol. The fourth-order valence-corrected chi connectivity index (χ4v) is 1.69. The third-order valence-corrected chi connectivity index (χ3v) is 2.69. The van der Waals surface area contributed by atoms with E-state index in [0.29, 0.717) is 19.6 Å². The number of rotatable bonds is 7. The highest BCUT2D eigenvalue weighted by Gasteiger charge is 2.16. The minimum absolute atomic E-state index is 0.0342. The van der Waals surface area contributed by atoms with Gasteiger partial charge in [-0.25, -0.2) is 4.39 Å². The summed E-state index contributed by atoms with van der Waals surface area (Å²) in [6.07, 6.45) is 0. The van der Waals surface area contributed by atoms with E-state index in [2.05, 4.69) is 0 Å². The van der Waals surface area contributed by atoms with Crippen molar-refractivity contribution in [3.8, 4) is 0 Å². The van der Waals surface area contributed by atoms with Gasteiger partial charge >= 0.3 is 5.97 Å². The number of benzene rings is 1. The fraction of sp³-hybridized carbons (Fsp3) is 0.462. The van der Waals surface area contributed by atoms with Crippen LogP contribution in [0.5, 0.6) is 0 Å². The topological polar surface area (TPSA) is 60.8 Å². The Hall–Kier alpha value is -1.46. The van der Waals surface area contributed by atoms with Crippen LogP contribution in [0.2, 0.25) is 0 Å². The molecule has 0 aliphatic carbocycles. The van der Waals surface area contributed by atoms with Crippen LogP contribution < -0.4 is 0 Å². The van der Waals surface area contributed by atoms with Gasteiger partial charge in [-0.2, -0.15) is 0 Å². The number of carboxylic acids is 1. The number of halogens is 1. The molecule has 5 heteroatoms. The van der Waals surface area contributed by atoms with E-state index in [4.69, 9.17) is 10.2 Å². The van der Waals surface area contributed by atoms with Crippen LogP contribution in [0.4, 0.5) is 4.39 Å². The van der Waals surface area contributed by atoms with E-state index in [1.807, 2.05) is 4.90 Å². The average molecular weight is 255 g/mol. The summed E-state index contributed by atoms with van der Waals surface area (Å²) in [6, 6.07) is 6.05. The molecular formula is C13H18FNO3. The van der Waals surface area contributed by atoms with Gasteiger partial charge in [-0.1, -0.05) is 19.1 Å². The molecule has 0 saturated heterocycles. The summed E-state index contributed by atoms with van der Waals surface area (Å²) in [5, 5.41) is 17.8. The zero-order valence-corrected chi connectivity index (χ0v) is 10.3. The first-order valence-corrected chi connectivity index (χ1v) is 5.83. The van der Waals surface area contributed by atoms with E-state index in [9.17, 15) is 9.18 Å². The second-order valence-corrected chi connectivity index (χ2v) is 4.32. The number of aliphatic hydroxyl groups is 1. The zero-order valence-electron chi connectivity index (χ0n) is 10.3. The molecule has 100 valence electrons. The van der Waals surface area contributed by atoms with Crippen molar-refractivity contribution in [1.82, 2.24) is 4.90 Å². The molecule has 0 bridgehead atoms. The SMILES string of the molecule is CC(CN(CCO)Cc1ccc(F)cc1)C(=O)O. The van der Waals surface area contributed by atoms with Gasteiger partial charge in [-0.05, 0) is 17.7 Å². The number of aliphatic carboxylic acids is 1. The Morgan fingerprint density at radius 1 is 1.39 bits per heavy atom. The van der Waals surface area contributed by atoms with Crippen molar-refractivity contribution in [1.29, 1.82) is 0 Å². The van der Waals surface area contributed by atoms with Gasteiger partial charge in [0.2, 0.25) is 0 Å². The summed E-state index contributed by atoms with van der Waals surface area (Å²) in [5.74, 6) is -1.67. The first-order chi connectivity index (χ1) is 8.52. The molecule has 0 heterocycles. The minimum Gasteiger partial charge on any atom is -0.481 e. The third kappa shape index (κ3) is 4.81. The van der Waals surface area contributed by atoms with E-state index in [0.717, 1.165) is 5.56 Å². The van der Waals surface area contributed by atoms with E-state index in [1.165, 1.54) is 12.1 Å². The predicted octanol–water partition coefficient (Wildman–Crippen LogP) is 1.34. The van der Waals surface area contributed by atoms with Crippen molar-refractivity contribution in [2.24, 2.45) is 5.92 Å². The van der Waals surface area contributed by atoms with Crippen LogP contribution in [-0.2, 0) is 11.3 Å². The molecule has 1 aromatic carbocycles. The molecule has 0 aliphatic rings. The number of aliphatic hydroxyl groups excluding tert-OH is 1. The normalized spacial score (nSPS) is 12.7. The lowest BCUT2D eigenvalue weighted by Crippen LogP contribution is -2.33. The summed E-state index contributed by atoms with van der Waals surface area (Å²) in [5.41, 5.74) is 0.891. The molecule has 0 spiro atoms. The molecule has 18 heavy (non-hydrogen) atoms. The first kappa shape index (κ1) is 14.6. The molecule has 2 N–H and O–H groups in total. The van der Waals surface area contributed by atoms with Crippen molar-refractivity contribution < 1.29 is 19.4 Å². The Kier molecular flexibility index (Phi) is 5.74. The van der Waals surface area contributed by atoms with E-state index in [1.54, 1.807) is 19.1 Å². The summed E-state index contributed by atoms with van der Waals surface area (Å²) < 4.78 is 12.8. The van der Waals surface area contributed by atoms with Crippen molar-refractivity contribution >= 4 is 5.97 Å². The van der Waals surface area contributed by atoms with Gasteiger partial charge in [0.15, 0.2) is 0 Å². The Morgan fingerprint density at radius 3 is 2.50 bits per heavy atom. The largest absolute Gasteiger partial charge is 0.481 e. The smallest absolute Gasteiger partial charge is 0.307 e. The molecule has 1 unspecified atom stereocenters. The number of hydrogen-bond acceptors (Lipinski definition) is 3. The first-order valence-electron chi connectivity index (χ1n) is 5.83. The lowest BCUT2D eigenvalue weighted by Gasteiger charge is -2.23. The highest BCUT2D eigenvalue weighted by atomic mass is 19.1. The Balaban J connectivity index is 2.62. The molecule has 1 atom stereocenters. The van der Waals surface area contributed by atoms with Gasteiger partial charge in [0.1, 0.15) is 5.82 Å². The van der Waals surface area contributed by atoms with Crippen LogP contribution in [0.1, 0.15) is 12.5 Å². The van der Waals surface area contributed by atoms with Gasteiger partial charge in [-0.15, -0.1) is 0 Å². The number of nitrogens with zero attached hydrogens (tertiary/aromatic N) is 1. The van der Waals surface area contributed by atoms with E-state index < -0.39 is 11.9 Å². The second-order valence-electron chi connectivity index (χ2n) is 4.32. The third-order valence-electron chi connectivity index (χ3n) is 2.69. The maximum atomic E-state index is 12.8. The molecule has 0 radical (unpaired) electrons. The predicted molar refractivity (Wildman–Crippen MR) is 65.6 cm³/mol. The van der Waals surface area contributed by atoms with Gasteiger partial charge in [0.05, 0.1) is 12.5 Å². The summed E-state index contributed by atoms with van der Waals surface area (Å²) >= 11 is 0. The van der Waals surface area contributed by atoms with Crippen LogP contribution in [0, 0.1) is 11.7 Å². The number of carbonyl (C=O) groups is 1.